The summed E-state index contributed by atoms with van der Waals surface area (Å²) < 4.78 is 52.9. The number of benzene rings is 4. The van der Waals surface area contributed by atoms with Crippen molar-refractivity contribution in [2.45, 2.75) is 12.6 Å². The molecule has 0 saturated carbocycles. The van der Waals surface area contributed by atoms with Gasteiger partial charge in [-0.15, -0.1) is 0 Å². The van der Waals surface area contributed by atoms with Crippen LogP contribution >= 0.6 is 0 Å². The Hall–Kier alpha value is -3.47. The molecule has 30 heavy (non-hydrogen) atoms. The zero-order chi connectivity index (χ0) is 21.1. The van der Waals surface area contributed by atoms with Gasteiger partial charge in [0.2, 0.25) is 0 Å². The number of methoxy groups -OCH3 is 1. The minimum absolute atomic E-state index is 0.168. The normalized spacial score (nSPS) is 11.5. The minimum Gasteiger partial charge on any atom is -0.497 e. The molecular weight excluding hydrogens is 389 g/mol. The molecule has 152 valence electrons. The van der Waals surface area contributed by atoms with Crippen LogP contribution in [0.2, 0.25) is 0 Å². The summed E-state index contributed by atoms with van der Waals surface area (Å²) in [7, 11) is 1.56. The Morgan fingerprint density at radius 3 is 2.13 bits per heavy atom. The van der Waals surface area contributed by atoms with Crippen molar-refractivity contribution < 1.29 is 22.6 Å². The van der Waals surface area contributed by atoms with Gasteiger partial charge >= 0.3 is 6.18 Å². The van der Waals surface area contributed by atoms with Crippen molar-refractivity contribution in [3.63, 3.8) is 0 Å². The minimum atomic E-state index is -4.54. The Kier molecular flexibility index (Phi) is 5.36. The van der Waals surface area contributed by atoms with Gasteiger partial charge in [-0.1, -0.05) is 54.6 Å². The van der Waals surface area contributed by atoms with Gasteiger partial charge in [0.1, 0.15) is 22.8 Å². The van der Waals surface area contributed by atoms with Crippen molar-refractivity contribution in [3.8, 4) is 17.2 Å². The number of hydrogen-bond donors (Lipinski definition) is 0. The molecule has 2 nitrogen and oxygen atoms in total. The van der Waals surface area contributed by atoms with E-state index in [0.29, 0.717) is 11.5 Å². The standard InChI is InChI=1S/C25H19F3O2/c1-29-21-12-10-18-11-13-22(16-20(18)15-21)30-23-9-5-8-19(24(23)25(26,27)28)14-17-6-3-2-4-7-17/h2-13,15-16H,14H2,1H3. The molecule has 0 radical (unpaired) electrons. The Morgan fingerprint density at radius 2 is 1.43 bits per heavy atom. The summed E-state index contributed by atoms with van der Waals surface area (Å²) >= 11 is 0. The highest BCUT2D eigenvalue weighted by Gasteiger charge is 2.37. The summed E-state index contributed by atoms with van der Waals surface area (Å²) in [6.45, 7) is 0. The monoisotopic (exact) mass is 408 g/mol. The molecule has 0 bridgehead atoms. The second-order valence-electron chi connectivity index (χ2n) is 6.93. The van der Waals surface area contributed by atoms with Crippen LogP contribution in [0.4, 0.5) is 13.2 Å². The van der Waals surface area contributed by atoms with Crippen LogP contribution in [-0.4, -0.2) is 7.11 Å². The topological polar surface area (TPSA) is 18.5 Å². The van der Waals surface area contributed by atoms with Crippen molar-refractivity contribution in [2.75, 3.05) is 7.11 Å². The average molecular weight is 408 g/mol. The van der Waals surface area contributed by atoms with E-state index >= 15 is 0 Å². The number of rotatable bonds is 5. The molecule has 0 unspecified atom stereocenters. The molecule has 0 aromatic heterocycles. The zero-order valence-corrected chi connectivity index (χ0v) is 16.2. The van der Waals surface area contributed by atoms with Crippen LogP contribution in [0.25, 0.3) is 10.8 Å². The van der Waals surface area contributed by atoms with Crippen molar-refractivity contribution in [2.24, 2.45) is 0 Å². The molecule has 4 rings (SSSR count). The largest absolute Gasteiger partial charge is 0.497 e. The third-order valence-electron chi connectivity index (χ3n) is 4.88. The van der Waals surface area contributed by atoms with Gasteiger partial charge in [0.25, 0.3) is 0 Å². The summed E-state index contributed by atoms with van der Waals surface area (Å²) in [6, 6.07) is 24.2. The van der Waals surface area contributed by atoms with Crippen LogP contribution in [0.5, 0.6) is 17.2 Å². The van der Waals surface area contributed by atoms with Gasteiger partial charge in [-0.2, -0.15) is 13.2 Å². The lowest BCUT2D eigenvalue weighted by atomic mass is 9.98. The fourth-order valence-corrected chi connectivity index (χ4v) is 3.47. The quantitative estimate of drug-likeness (QED) is 0.346. The fraction of sp³-hybridized carbons (Fsp3) is 0.120. The average Bonchev–Trinajstić information content (AvgIpc) is 2.73. The van der Waals surface area contributed by atoms with Gasteiger partial charge < -0.3 is 9.47 Å². The van der Waals surface area contributed by atoms with Gasteiger partial charge in [-0.3, -0.25) is 0 Å². The van der Waals surface area contributed by atoms with E-state index in [1.807, 2.05) is 54.6 Å². The highest BCUT2D eigenvalue weighted by Crippen LogP contribution is 2.41. The van der Waals surface area contributed by atoms with E-state index < -0.39 is 11.7 Å². The fourth-order valence-electron chi connectivity index (χ4n) is 3.47. The summed E-state index contributed by atoms with van der Waals surface area (Å²) in [5.74, 6) is 0.789. The maximum absolute atomic E-state index is 14.0. The van der Waals surface area contributed by atoms with E-state index in [2.05, 4.69) is 0 Å². The van der Waals surface area contributed by atoms with Crippen molar-refractivity contribution >= 4 is 10.8 Å². The first-order chi connectivity index (χ1) is 14.4. The van der Waals surface area contributed by atoms with E-state index in [1.54, 1.807) is 25.3 Å². The number of hydrogen-bond acceptors (Lipinski definition) is 2. The van der Waals surface area contributed by atoms with E-state index in [-0.39, 0.29) is 17.7 Å². The molecule has 5 heteroatoms. The Labute approximate surface area is 172 Å². The SMILES string of the molecule is COc1ccc2ccc(Oc3cccc(Cc4ccccc4)c3C(F)(F)F)cc2c1. The van der Waals surface area contributed by atoms with Crippen LogP contribution in [0.3, 0.4) is 0 Å². The lowest BCUT2D eigenvalue weighted by Gasteiger charge is -2.18. The molecule has 0 fully saturated rings. The van der Waals surface area contributed by atoms with E-state index in [1.165, 1.54) is 12.1 Å². The van der Waals surface area contributed by atoms with Crippen LogP contribution in [-0.2, 0) is 12.6 Å². The number of fused-ring (bicyclic) bond motifs is 1. The maximum atomic E-state index is 14.0. The highest BCUT2D eigenvalue weighted by molar-refractivity contribution is 5.85. The molecule has 0 saturated heterocycles. The molecule has 0 heterocycles. The molecule has 4 aromatic rings. The molecule has 4 aromatic carbocycles. The Balaban J connectivity index is 1.73. The van der Waals surface area contributed by atoms with Crippen LogP contribution in [0.15, 0.2) is 84.9 Å². The maximum Gasteiger partial charge on any atom is 0.420 e. The second-order valence-corrected chi connectivity index (χ2v) is 6.93. The third kappa shape index (κ3) is 4.25. The van der Waals surface area contributed by atoms with Gasteiger partial charge in [0, 0.05) is 0 Å². The summed E-state index contributed by atoms with van der Waals surface area (Å²) in [6.07, 6.45) is -4.37. The molecule has 0 atom stereocenters. The van der Waals surface area contributed by atoms with Crippen LogP contribution < -0.4 is 9.47 Å². The first-order valence-corrected chi connectivity index (χ1v) is 9.43. The molecule has 0 aliphatic carbocycles. The van der Waals surface area contributed by atoms with E-state index in [0.717, 1.165) is 16.3 Å². The molecule has 0 aliphatic heterocycles. The number of halogens is 3. The number of ether oxygens (including phenoxy) is 2. The number of alkyl halides is 3. The lowest BCUT2D eigenvalue weighted by molar-refractivity contribution is -0.139. The van der Waals surface area contributed by atoms with Crippen molar-refractivity contribution in [1.29, 1.82) is 0 Å². The van der Waals surface area contributed by atoms with Crippen molar-refractivity contribution in [3.05, 3.63) is 102 Å². The molecule has 0 amide bonds. The molecular formula is C25H19F3O2. The Bertz CT molecular complexity index is 1170. The highest BCUT2D eigenvalue weighted by atomic mass is 19.4. The van der Waals surface area contributed by atoms with Crippen LogP contribution in [0.1, 0.15) is 16.7 Å². The lowest BCUT2D eigenvalue weighted by Crippen LogP contribution is -2.11. The van der Waals surface area contributed by atoms with Crippen LogP contribution in [0, 0.1) is 0 Å². The second kappa shape index (κ2) is 8.11. The first-order valence-electron chi connectivity index (χ1n) is 9.43. The summed E-state index contributed by atoms with van der Waals surface area (Å²) in [5, 5.41) is 1.76. The summed E-state index contributed by atoms with van der Waals surface area (Å²) in [5.41, 5.74) is 0.228. The smallest absolute Gasteiger partial charge is 0.420 e. The molecule has 0 aliphatic rings. The van der Waals surface area contributed by atoms with Gasteiger partial charge in [0.15, 0.2) is 0 Å². The van der Waals surface area contributed by atoms with Gasteiger partial charge in [-0.05, 0) is 58.7 Å². The third-order valence-corrected chi connectivity index (χ3v) is 4.88. The summed E-state index contributed by atoms with van der Waals surface area (Å²) in [4.78, 5) is 0. The first kappa shape index (κ1) is 19.8. The predicted octanol–water partition coefficient (Wildman–Crippen LogP) is 7.25. The van der Waals surface area contributed by atoms with Crippen molar-refractivity contribution in [1.82, 2.24) is 0 Å². The molecule has 0 N–H and O–H groups in total. The predicted molar refractivity (Wildman–Crippen MR) is 111 cm³/mol. The molecule has 0 spiro atoms. The Morgan fingerprint density at radius 1 is 0.733 bits per heavy atom. The van der Waals surface area contributed by atoms with E-state index in [9.17, 15) is 13.2 Å². The van der Waals surface area contributed by atoms with Gasteiger partial charge in [0.05, 0.1) is 7.11 Å². The van der Waals surface area contributed by atoms with Gasteiger partial charge in [-0.25, -0.2) is 0 Å². The van der Waals surface area contributed by atoms with E-state index in [4.69, 9.17) is 9.47 Å². The zero-order valence-electron chi connectivity index (χ0n) is 16.2.